The molecule has 0 aliphatic rings. The van der Waals surface area contributed by atoms with Crippen LogP contribution in [-0.2, 0) is 13.0 Å². The van der Waals surface area contributed by atoms with Gasteiger partial charge in [-0.2, -0.15) is 0 Å². The number of aromatic nitrogens is 1. The molecule has 0 spiro atoms. The highest BCUT2D eigenvalue weighted by molar-refractivity contribution is 9.10. The van der Waals surface area contributed by atoms with Crippen LogP contribution >= 0.6 is 15.9 Å². The van der Waals surface area contributed by atoms with Crippen molar-refractivity contribution in [3.8, 4) is 0 Å². The second-order valence-corrected chi connectivity index (χ2v) is 6.03. The molecule has 0 saturated carbocycles. The van der Waals surface area contributed by atoms with Crippen LogP contribution in [0.2, 0.25) is 0 Å². The van der Waals surface area contributed by atoms with Crippen molar-refractivity contribution in [3.63, 3.8) is 0 Å². The molecule has 2 aromatic carbocycles. The Morgan fingerprint density at radius 1 is 1.10 bits per heavy atom. The topological polar surface area (TPSA) is 30.9 Å². The van der Waals surface area contributed by atoms with E-state index in [1.807, 2.05) is 18.3 Å². The number of halogens is 2. The van der Waals surface area contributed by atoms with Crippen molar-refractivity contribution in [2.75, 3.05) is 6.54 Å². The molecule has 0 saturated heterocycles. The normalized spacial score (nSPS) is 11.2. The molecular formula is C17H16BrFN2. The monoisotopic (exact) mass is 346 g/mol. The molecule has 2 nitrogen and oxygen atoms in total. The second kappa shape index (κ2) is 6.00. The quantitative estimate of drug-likeness (QED) is 0.757. The highest BCUT2D eigenvalue weighted by Gasteiger charge is 2.07. The predicted octanol–water partition coefficient (Wildman–Crippen LogP) is 4.09. The minimum Gasteiger partial charge on any atom is -0.343 e. The lowest BCUT2D eigenvalue weighted by Gasteiger charge is -2.08. The summed E-state index contributed by atoms with van der Waals surface area (Å²) in [6, 6.07) is 13.6. The van der Waals surface area contributed by atoms with Gasteiger partial charge < -0.3 is 10.3 Å². The summed E-state index contributed by atoms with van der Waals surface area (Å²) in [7, 11) is 0. The smallest absolute Gasteiger partial charge is 0.129 e. The lowest BCUT2D eigenvalue weighted by molar-refractivity contribution is 0.601. The highest BCUT2D eigenvalue weighted by Crippen LogP contribution is 2.21. The fourth-order valence-electron chi connectivity index (χ4n) is 2.52. The molecule has 4 heteroatoms. The van der Waals surface area contributed by atoms with Crippen molar-refractivity contribution in [2.45, 2.75) is 13.0 Å². The zero-order valence-corrected chi connectivity index (χ0v) is 13.1. The van der Waals surface area contributed by atoms with Crippen LogP contribution in [0.3, 0.4) is 0 Å². The first-order valence-corrected chi connectivity index (χ1v) is 7.68. The van der Waals surface area contributed by atoms with E-state index < -0.39 is 0 Å². The average Bonchev–Trinajstić information content (AvgIpc) is 2.85. The number of hydrogen-bond acceptors (Lipinski definition) is 1. The Labute approximate surface area is 131 Å². The van der Waals surface area contributed by atoms with E-state index >= 15 is 0 Å². The van der Waals surface area contributed by atoms with Crippen LogP contribution < -0.4 is 5.73 Å². The summed E-state index contributed by atoms with van der Waals surface area (Å²) in [6.45, 7) is 1.16. The third-order valence-corrected chi connectivity index (χ3v) is 4.12. The lowest BCUT2D eigenvalue weighted by atomic mass is 10.1. The zero-order valence-electron chi connectivity index (χ0n) is 11.5. The average molecular weight is 347 g/mol. The van der Waals surface area contributed by atoms with Crippen LogP contribution in [0.1, 0.15) is 11.1 Å². The summed E-state index contributed by atoms with van der Waals surface area (Å²) in [4.78, 5) is 0. The molecule has 0 aliphatic heterocycles. The van der Waals surface area contributed by atoms with Gasteiger partial charge in [0.15, 0.2) is 0 Å². The van der Waals surface area contributed by atoms with E-state index in [2.05, 4.69) is 44.8 Å². The van der Waals surface area contributed by atoms with Gasteiger partial charge in [0.1, 0.15) is 5.82 Å². The maximum Gasteiger partial charge on any atom is 0.129 e. The summed E-state index contributed by atoms with van der Waals surface area (Å²) in [6.07, 6.45) is 2.85. The summed E-state index contributed by atoms with van der Waals surface area (Å²) in [5, 5.41) is 1.16. The molecule has 0 unspecified atom stereocenters. The largest absolute Gasteiger partial charge is 0.343 e. The van der Waals surface area contributed by atoms with Crippen LogP contribution in [0, 0.1) is 5.82 Å². The van der Waals surface area contributed by atoms with Gasteiger partial charge >= 0.3 is 0 Å². The molecule has 0 aliphatic carbocycles. The Kier molecular flexibility index (Phi) is 4.08. The third kappa shape index (κ3) is 3.01. The predicted molar refractivity (Wildman–Crippen MR) is 87.9 cm³/mol. The Balaban J connectivity index is 1.98. The minimum absolute atomic E-state index is 0.190. The third-order valence-electron chi connectivity index (χ3n) is 3.63. The molecule has 0 bridgehead atoms. The second-order valence-electron chi connectivity index (χ2n) is 5.11. The Bertz CT molecular complexity index is 780. The molecule has 1 heterocycles. The Hall–Kier alpha value is -1.65. The van der Waals surface area contributed by atoms with Gasteiger partial charge in [0.05, 0.1) is 6.54 Å². The standard InChI is InChI=1S/C17H16BrFN2/c18-15-4-3-14(16(19)10-15)11-21-8-6-13-2-1-12(5-7-20)9-17(13)21/h1-4,6,8-10H,5,7,11,20H2. The van der Waals surface area contributed by atoms with Gasteiger partial charge in [-0.3, -0.25) is 0 Å². The van der Waals surface area contributed by atoms with Crippen LogP contribution in [-0.4, -0.2) is 11.1 Å². The Morgan fingerprint density at radius 3 is 2.71 bits per heavy atom. The van der Waals surface area contributed by atoms with E-state index in [1.165, 1.54) is 11.6 Å². The molecule has 1 aromatic heterocycles. The molecule has 0 radical (unpaired) electrons. The van der Waals surface area contributed by atoms with Crippen molar-refractivity contribution >= 4 is 26.8 Å². The molecule has 0 atom stereocenters. The van der Waals surface area contributed by atoms with Crippen molar-refractivity contribution < 1.29 is 4.39 Å². The first-order valence-electron chi connectivity index (χ1n) is 6.89. The summed E-state index contributed by atoms with van der Waals surface area (Å²) in [5.74, 6) is -0.190. The molecule has 0 fully saturated rings. The maximum absolute atomic E-state index is 14.0. The van der Waals surface area contributed by atoms with Gasteiger partial charge in [-0.15, -0.1) is 0 Å². The van der Waals surface area contributed by atoms with Crippen LogP contribution in [0.25, 0.3) is 10.9 Å². The number of nitrogens with zero attached hydrogens (tertiary/aromatic N) is 1. The number of fused-ring (bicyclic) bond motifs is 1. The van der Waals surface area contributed by atoms with E-state index in [9.17, 15) is 4.39 Å². The van der Waals surface area contributed by atoms with E-state index in [-0.39, 0.29) is 5.82 Å². The molecule has 21 heavy (non-hydrogen) atoms. The molecule has 3 rings (SSSR count). The van der Waals surface area contributed by atoms with E-state index in [0.29, 0.717) is 18.7 Å². The van der Waals surface area contributed by atoms with Gasteiger partial charge in [-0.25, -0.2) is 4.39 Å². The summed E-state index contributed by atoms with van der Waals surface area (Å²) >= 11 is 3.28. The minimum atomic E-state index is -0.190. The van der Waals surface area contributed by atoms with Gasteiger partial charge in [0, 0.05) is 21.7 Å². The van der Waals surface area contributed by atoms with E-state index in [4.69, 9.17) is 5.73 Å². The zero-order chi connectivity index (χ0) is 14.8. The molecule has 108 valence electrons. The molecule has 2 N–H and O–H groups in total. The van der Waals surface area contributed by atoms with Gasteiger partial charge in [-0.1, -0.05) is 34.1 Å². The van der Waals surface area contributed by atoms with Crippen LogP contribution in [0.4, 0.5) is 4.39 Å². The van der Waals surface area contributed by atoms with Gasteiger partial charge in [0.25, 0.3) is 0 Å². The van der Waals surface area contributed by atoms with Crippen LogP contribution in [0.15, 0.2) is 53.1 Å². The SMILES string of the molecule is NCCc1ccc2ccn(Cc3ccc(Br)cc3F)c2c1. The fraction of sp³-hybridized carbons (Fsp3) is 0.176. The summed E-state index contributed by atoms with van der Waals surface area (Å²) in [5.41, 5.74) is 8.62. The van der Waals surface area contributed by atoms with Crippen molar-refractivity contribution in [1.82, 2.24) is 4.57 Å². The number of benzene rings is 2. The van der Waals surface area contributed by atoms with Crippen molar-refractivity contribution in [3.05, 3.63) is 70.1 Å². The van der Waals surface area contributed by atoms with E-state index in [1.54, 1.807) is 0 Å². The Morgan fingerprint density at radius 2 is 1.95 bits per heavy atom. The van der Waals surface area contributed by atoms with Crippen molar-refractivity contribution in [1.29, 1.82) is 0 Å². The number of nitrogens with two attached hydrogens (primary N) is 1. The fourth-order valence-corrected chi connectivity index (χ4v) is 2.86. The first kappa shape index (κ1) is 14.3. The van der Waals surface area contributed by atoms with Crippen molar-refractivity contribution in [2.24, 2.45) is 5.73 Å². The van der Waals surface area contributed by atoms with Gasteiger partial charge in [-0.05, 0) is 48.2 Å². The number of rotatable bonds is 4. The first-order chi connectivity index (χ1) is 10.2. The maximum atomic E-state index is 14.0. The summed E-state index contributed by atoms with van der Waals surface area (Å²) < 4.78 is 16.8. The van der Waals surface area contributed by atoms with Crippen LogP contribution in [0.5, 0.6) is 0 Å². The van der Waals surface area contributed by atoms with E-state index in [0.717, 1.165) is 21.8 Å². The van der Waals surface area contributed by atoms with Gasteiger partial charge in [0.2, 0.25) is 0 Å². The lowest BCUT2D eigenvalue weighted by Crippen LogP contribution is -2.03. The number of hydrogen-bond donors (Lipinski definition) is 1. The molecular weight excluding hydrogens is 331 g/mol. The highest BCUT2D eigenvalue weighted by atomic mass is 79.9. The molecule has 3 aromatic rings. The molecule has 0 amide bonds.